The number of nitrogens with zero attached hydrogens (tertiary/aromatic N) is 1. The Hall–Kier alpha value is -1.84. The number of carbonyl (C=O) groups is 2. The van der Waals surface area contributed by atoms with Crippen molar-refractivity contribution in [3.8, 4) is 0 Å². The van der Waals surface area contributed by atoms with E-state index in [1.165, 1.54) is 12.8 Å². The van der Waals surface area contributed by atoms with Gasteiger partial charge in [0.05, 0.1) is 5.92 Å². The van der Waals surface area contributed by atoms with Crippen LogP contribution in [0.5, 0.6) is 0 Å². The lowest BCUT2D eigenvalue weighted by Crippen LogP contribution is -2.41. The third-order valence-electron chi connectivity index (χ3n) is 4.78. The van der Waals surface area contributed by atoms with Crippen LogP contribution in [0.3, 0.4) is 0 Å². The van der Waals surface area contributed by atoms with Gasteiger partial charge in [-0.15, -0.1) is 0 Å². The second-order valence-electron chi connectivity index (χ2n) is 6.22. The molecule has 0 bridgehead atoms. The number of hydrogen-bond acceptors (Lipinski definition) is 2. The van der Waals surface area contributed by atoms with Gasteiger partial charge in [0.1, 0.15) is 0 Å². The van der Waals surface area contributed by atoms with Crippen LogP contribution in [0.1, 0.15) is 49.1 Å². The molecular formula is C17H21NO3. The Morgan fingerprint density at radius 2 is 1.90 bits per heavy atom. The van der Waals surface area contributed by atoms with Gasteiger partial charge in [-0.25, -0.2) is 0 Å². The number of benzene rings is 1. The Morgan fingerprint density at radius 1 is 1.19 bits per heavy atom. The summed E-state index contributed by atoms with van der Waals surface area (Å²) in [7, 11) is 0. The molecule has 1 N–H and O–H groups in total. The van der Waals surface area contributed by atoms with Crippen LogP contribution in [-0.4, -0.2) is 28.4 Å². The Bertz CT molecular complexity index is 549. The van der Waals surface area contributed by atoms with Crippen LogP contribution in [-0.2, 0) is 16.1 Å². The Labute approximate surface area is 124 Å². The van der Waals surface area contributed by atoms with Gasteiger partial charge in [0.2, 0.25) is 5.91 Å². The lowest BCUT2D eigenvalue weighted by Gasteiger charge is -2.33. The molecular weight excluding hydrogens is 266 g/mol. The molecule has 0 aromatic heterocycles. The third-order valence-corrected chi connectivity index (χ3v) is 4.78. The molecule has 0 spiro atoms. The molecule has 1 saturated carbocycles. The van der Waals surface area contributed by atoms with E-state index in [4.69, 9.17) is 0 Å². The van der Waals surface area contributed by atoms with Crippen LogP contribution in [0.25, 0.3) is 0 Å². The highest BCUT2D eigenvalue weighted by Gasteiger charge is 2.33. The van der Waals surface area contributed by atoms with Crippen LogP contribution in [0.15, 0.2) is 24.3 Å². The van der Waals surface area contributed by atoms with Crippen LogP contribution >= 0.6 is 0 Å². The highest BCUT2D eigenvalue weighted by Crippen LogP contribution is 2.32. The molecule has 3 rings (SSSR count). The van der Waals surface area contributed by atoms with Crippen molar-refractivity contribution < 1.29 is 14.7 Å². The van der Waals surface area contributed by atoms with Crippen LogP contribution < -0.4 is 0 Å². The molecule has 21 heavy (non-hydrogen) atoms. The molecule has 0 radical (unpaired) electrons. The SMILES string of the molecule is O=C(O)C1CN(C(=O)CC2CCCC2)Cc2ccccc21. The predicted molar refractivity (Wildman–Crippen MR) is 78.8 cm³/mol. The minimum absolute atomic E-state index is 0.114. The number of carboxylic acids is 1. The second-order valence-corrected chi connectivity index (χ2v) is 6.22. The first-order valence-electron chi connectivity index (χ1n) is 7.73. The highest BCUT2D eigenvalue weighted by atomic mass is 16.4. The van der Waals surface area contributed by atoms with Gasteiger partial charge in [0.25, 0.3) is 0 Å². The zero-order chi connectivity index (χ0) is 14.8. The Kier molecular flexibility index (Phi) is 3.95. The molecule has 1 unspecified atom stereocenters. The lowest BCUT2D eigenvalue weighted by molar-refractivity contribution is -0.141. The van der Waals surface area contributed by atoms with Gasteiger partial charge < -0.3 is 10.0 Å². The maximum Gasteiger partial charge on any atom is 0.312 e. The molecule has 4 heteroatoms. The lowest BCUT2D eigenvalue weighted by atomic mass is 9.89. The fourth-order valence-electron chi connectivity index (χ4n) is 3.60. The van der Waals surface area contributed by atoms with Crippen molar-refractivity contribution in [1.82, 2.24) is 4.90 Å². The van der Waals surface area contributed by atoms with E-state index in [-0.39, 0.29) is 5.91 Å². The quantitative estimate of drug-likeness (QED) is 0.930. The number of hydrogen-bond donors (Lipinski definition) is 1. The van der Waals surface area contributed by atoms with Crippen molar-refractivity contribution in [2.24, 2.45) is 5.92 Å². The summed E-state index contributed by atoms with van der Waals surface area (Å²) in [6.45, 7) is 0.851. The van der Waals surface area contributed by atoms with Gasteiger partial charge in [0.15, 0.2) is 0 Å². The summed E-state index contributed by atoms with van der Waals surface area (Å²) >= 11 is 0. The predicted octanol–water partition coefficient (Wildman–Crippen LogP) is 2.78. The number of fused-ring (bicyclic) bond motifs is 1. The van der Waals surface area contributed by atoms with Gasteiger partial charge in [-0.1, -0.05) is 37.1 Å². The molecule has 0 saturated heterocycles. The van der Waals surface area contributed by atoms with E-state index in [1.807, 2.05) is 24.3 Å². The van der Waals surface area contributed by atoms with E-state index in [9.17, 15) is 14.7 Å². The van der Waals surface area contributed by atoms with E-state index < -0.39 is 11.9 Å². The summed E-state index contributed by atoms with van der Waals surface area (Å²) in [6, 6.07) is 7.57. The van der Waals surface area contributed by atoms with Crippen LogP contribution in [0, 0.1) is 5.92 Å². The van der Waals surface area contributed by atoms with Crippen LogP contribution in [0.2, 0.25) is 0 Å². The highest BCUT2D eigenvalue weighted by molar-refractivity contribution is 5.81. The zero-order valence-corrected chi connectivity index (χ0v) is 12.1. The summed E-state index contributed by atoms with van der Waals surface area (Å²) in [6.07, 6.45) is 5.29. The zero-order valence-electron chi connectivity index (χ0n) is 12.1. The smallest absolute Gasteiger partial charge is 0.312 e. The summed E-state index contributed by atoms with van der Waals surface area (Å²) in [5.41, 5.74) is 1.82. The Morgan fingerprint density at radius 3 is 2.62 bits per heavy atom. The van der Waals surface area contributed by atoms with Gasteiger partial charge >= 0.3 is 5.97 Å². The maximum atomic E-state index is 12.5. The van der Waals surface area contributed by atoms with Crippen molar-refractivity contribution in [2.45, 2.75) is 44.6 Å². The molecule has 1 amide bonds. The molecule has 112 valence electrons. The monoisotopic (exact) mass is 287 g/mol. The van der Waals surface area contributed by atoms with E-state index in [0.717, 1.165) is 24.0 Å². The molecule has 1 aromatic carbocycles. The van der Waals surface area contributed by atoms with Crippen molar-refractivity contribution >= 4 is 11.9 Å². The summed E-state index contributed by atoms with van der Waals surface area (Å²) in [5, 5.41) is 9.43. The summed E-state index contributed by atoms with van der Waals surface area (Å²) in [4.78, 5) is 25.7. The molecule has 1 aromatic rings. The molecule has 2 aliphatic rings. The molecule has 1 aliphatic heterocycles. The van der Waals surface area contributed by atoms with Gasteiger partial charge in [-0.05, 0) is 29.9 Å². The normalized spacial score (nSPS) is 22.1. The van der Waals surface area contributed by atoms with Crippen molar-refractivity contribution in [1.29, 1.82) is 0 Å². The molecule has 1 atom stereocenters. The molecule has 1 fully saturated rings. The molecule has 1 heterocycles. The second kappa shape index (κ2) is 5.88. The van der Waals surface area contributed by atoms with E-state index in [0.29, 0.717) is 25.4 Å². The van der Waals surface area contributed by atoms with E-state index >= 15 is 0 Å². The number of carbonyl (C=O) groups excluding carboxylic acids is 1. The van der Waals surface area contributed by atoms with Gasteiger partial charge in [-0.3, -0.25) is 9.59 Å². The summed E-state index contributed by atoms with van der Waals surface area (Å²) in [5.74, 6) is -0.830. The maximum absolute atomic E-state index is 12.5. The van der Waals surface area contributed by atoms with E-state index in [2.05, 4.69) is 0 Å². The van der Waals surface area contributed by atoms with Gasteiger partial charge in [-0.2, -0.15) is 0 Å². The first-order valence-corrected chi connectivity index (χ1v) is 7.73. The van der Waals surface area contributed by atoms with Crippen LogP contribution in [0.4, 0.5) is 0 Å². The molecule has 4 nitrogen and oxygen atoms in total. The summed E-state index contributed by atoms with van der Waals surface area (Å²) < 4.78 is 0. The average Bonchev–Trinajstić information content (AvgIpc) is 2.98. The fourth-order valence-corrected chi connectivity index (χ4v) is 3.60. The van der Waals surface area contributed by atoms with Crippen molar-refractivity contribution in [3.63, 3.8) is 0 Å². The first-order chi connectivity index (χ1) is 10.1. The molecule has 1 aliphatic carbocycles. The number of amides is 1. The van der Waals surface area contributed by atoms with Crippen molar-refractivity contribution in [3.05, 3.63) is 35.4 Å². The first kappa shape index (κ1) is 14.1. The number of rotatable bonds is 3. The van der Waals surface area contributed by atoms with Gasteiger partial charge in [0, 0.05) is 19.5 Å². The third kappa shape index (κ3) is 2.94. The minimum Gasteiger partial charge on any atom is -0.481 e. The topological polar surface area (TPSA) is 57.6 Å². The standard InChI is InChI=1S/C17H21NO3/c19-16(9-12-5-1-2-6-12)18-10-13-7-3-4-8-14(13)15(11-18)17(20)21/h3-4,7-8,12,15H,1-2,5-6,9-11H2,(H,20,21). The minimum atomic E-state index is -0.846. The van der Waals surface area contributed by atoms with E-state index in [1.54, 1.807) is 4.90 Å². The number of carboxylic acid groups (broad SMARTS) is 1. The largest absolute Gasteiger partial charge is 0.481 e. The fraction of sp³-hybridized carbons (Fsp3) is 0.529. The average molecular weight is 287 g/mol. The Balaban J connectivity index is 1.76. The van der Waals surface area contributed by atoms with Crippen molar-refractivity contribution in [2.75, 3.05) is 6.54 Å². The number of aliphatic carboxylic acids is 1.